The molecule has 2 aromatic rings. The molecule has 0 saturated carbocycles. The molecule has 1 aromatic carbocycles. The first kappa shape index (κ1) is 10.8. The number of halogens is 1. The van der Waals surface area contributed by atoms with E-state index < -0.39 is 0 Å². The lowest BCUT2D eigenvalue weighted by molar-refractivity contribution is 0.545. The average Bonchev–Trinajstić information content (AvgIpc) is 2.79. The molecule has 0 fully saturated rings. The number of benzene rings is 1. The van der Waals surface area contributed by atoms with Gasteiger partial charge in [0.1, 0.15) is 18.0 Å². The highest BCUT2D eigenvalue weighted by molar-refractivity contribution is 5.16. The van der Waals surface area contributed by atoms with Crippen molar-refractivity contribution in [2.45, 2.75) is 19.5 Å². The molecule has 1 heterocycles. The summed E-state index contributed by atoms with van der Waals surface area (Å²) in [4.78, 5) is 4.04. The number of hydrogen-bond donors (Lipinski definition) is 2. The van der Waals surface area contributed by atoms with Crippen LogP contribution in [-0.2, 0) is 6.54 Å². The third-order valence-corrected chi connectivity index (χ3v) is 2.35. The summed E-state index contributed by atoms with van der Waals surface area (Å²) < 4.78 is 12.9. The van der Waals surface area contributed by atoms with Gasteiger partial charge in [0.25, 0.3) is 0 Å². The summed E-state index contributed by atoms with van der Waals surface area (Å²) in [5, 5.41) is 9.79. The predicted molar refractivity (Wildman–Crippen MR) is 58.0 cm³/mol. The summed E-state index contributed by atoms with van der Waals surface area (Å²) in [5.74, 6) is 0.558. The Kier molecular flexibility index (Phi) is 3.26. The fourth-order valence-electron chi connectivity index (χ4n) is 1.44. The zero-order chi connectivity index (χ0) is 11.4. The van der Waals surface area contributed by atoms with Gasteiger partial charge in [0.15, 0.2) is 0 Å². The molecule has 5 heteroatoms. The summed E-state index contributed by atoms with van der Waals surface area (Å²) in [6.45, 7) is 2.57. The topological polar surface area (TPSA) is 53.6 Å². The van der Waals surface area contributed by atoms with Crippen LogP contribution in [0.3, 0.4) is 0 Å². The Hall–Kier alpha value is -1.75. The van der Waals surface area contributed by atoms with Gasteiger partial charge in [-0.2, -0.15) is 5.10 Å². The highest BCUT2D eigenvalue weighted by Gasteiger charge is 2.07. The smallest absolute Gasteiger partial charge is 0.141 e. The van der Waals surface area contributed by atoms with Gasteiger partial charge < -0.3 is 5.32 Å². The fourth-order valence-corrected chi connectivity index (χ4v) is 1.44. The highest BCUT2D eigenvalue weighted by Crippen LogP contribution is 2.08. The summed E-state index contributed by atoms with van der Waals surface area (Å²) >= 11 is 0. The van der Waals surface area contributed by atoms with Crippen molar-refractivity contribution in [3.63, 3.8) is 0 Å². The van der Waals surface area contributed by atoms with Crippen LogP contribution in [0.1, 0.15) is 24.4 Å². The van der Waals surface area contributed by atoms with Crippen molar-refractivity contribution >= 4 is 0 Å². The largest absolute Gasteiger partial charge is 0.303 e. The number of nitrogens with one attached hydrogen (secondary N) is 2. The van der Waals surface area contributed by atoms with Gasteiger partial charge in [-0.1, -0.05) is 12.1 Å². The monoisotopic (exact) mass is 220 g/mol. The molecular weight excluding hydrogens is 207 g/mol. The van der Waals surface area contributed by atoms with E-state index in [2.05, 4.69) is 20.5 Å². The standard InChI is InChI=1S/C11H13FN4/c1-8(11-14-7-15-16-11)13-6-9-3-2-4-10(12)5-9/h2-5,7-8,13H,6H2,1H3,(H,14,15,16). The van der Waals surface area contributed by atoms with Crippen LogP contribution in [0.5, 0.6) is 0 Å². The fraction of sp³-hybridized carbons (Fsp3) is 0.273. The third kappa shape index (κ3) is 2.64. The van der Waals surface area contributed by atoms with Crippen LogP contribution in [0.4, 0.5) is 4.39 Å². The van der Waals surface area contributed by atoms with Gasteiger partial charge in [-0.25, -0.2) is 9.37 Å². The highest BCUT2D eigenvalue weighted by atomic mass is 19.1. The average molecular weight is 220 g/mol. The van der Waals surface area contributed by atoms with Crippen molar-refractivity contribution < 1.29 is 4.39 Å². The van der Waals surface area contributed by atoms with E-state index in [-0.39, 0.29) is 11.9 Å². The van der Waals surface area contributed by atoms with Crippen molar-refractivity contribution in [1.29, 1.82) is 0 Å². The van der Waals surface area contributed by atoms with Gasteiger partial charge in [0.05, 0.1) is 6.04 Å². The second-order valence-corrected chi connectivity index (χ2v) is 3.60. The van der Waals surface area contributed by atoms with Crippen LogP contribution < -0.4 is 5.32 Å². The van der Waals surface area contributed by atoms with Crippen LogP contribution in [0, 0.1) is 5.82 Å². The van der Waals surface area contributed by atoms with Crippen molar-refractivity contribution in [2.75, 3.05) is 0 Å². The maximum Gasteiger partial charge on any atom is 0.141 e. The lowest BCUT2D eigenvalue weighted by Crippen LogP contribution is -2.19. The molecule has 0 radical (unpaired) electrons. The van der Waals surface area contributed by atoms with Crippen LogP contribution in [0.25, 0.3) is 0 Å². The van der Waals surface area contributed by atoms with Gasteiger partial charge >= 0.3 is 0 Å². The number of aromatic nitrogens is 3. The molecule has 0 saturated heterocycles. The summed E-state index contributed by atoms with van der Waals surface area (Å²) in [5.41, 5.74) is 0.909. The second kappa shape index (κ2) is 4.85. The molecule has 0 amide bonds. The first-order valence-corrected chi connectivity index (χ1v) is 5.09. The quantitative estimate of drug-likeness (QED) is 0.826. The number of hydrogen-bond acceptors (Lipinski definition) is 3. The SMILES string of the molecule is CC(NCc1cccc(F)c1)c1ncn[nH]1. The molecule has 0 spiro atoms. The summed E-state index contributed by atoms with van der Waals surface area (Å²) in [6.07, 6.45) is 1.47. The molecule has 1 aromatic heterocycles. The minimum Gasteiger partial charge on any atom is -0.303 e. The molecule has 16 heavy (non-hydrogen) atoms. The number of aromatic amines is 1. The minimum atomic E-state index is -0.216. The molecule has 0 aliphatic heterocycles. The molecular formula is C11H13FN4. The Balaban J connectivity index is 1.92. The van der Waals surface area contributed by atoms with Crippen LogP contribution >= 0.6 is 0 Å². The molecule has 0 aliphatic rings. The Morgan fingerprint density at radius 2 is 2.38 bits per heavy atom. The van der Waals surface area contributed by atoms with E-state index in [1.54, 1.807) is 6.07 Å². The van der Waals surface area contributed by atoms with Crippen LogP contribution in [0.2, 0.25) is 0 Å². The number of nitrogens with zero attached hydrogens (tertiary/aromatic N) is 2. The molecule has 0 aliphatic carbocycles. The van der Waals surface area contributed by atoms with E-state index in [1.165, 1.54) is 18.5 Å². The second-order valence-electron chi connectivity index (χ2n) is 3.60. The van der Waals surface area contributed by atoms with Gasteiger partial charge in [0.2, 0.25) is 0 Å². The Morgan fingerprint density at radius 3 is 3.06 bits per heavy atom. The van der Waals surface area contributed by atoms with Gasteiger partial charge in [-0.15, -0.1) is 0 Å². The first-order chi connectivity index (χ1) is 7.75. The molecule has 1 unspecified atom stereocenters. The minimum absolute atomic E-state index is 0.0609. The maximum atomic E-state index is 12.9. The molecule has 2 N–H and O–H groups in total. The zero-order valence-electron chi connectivity index (χ0n) is 8.94. The summed E-state index contributed by atoms with van der Waals surface area (Å²) in [6, 6.07) is 6.59. The van der Waals surface area contributed by atoms with Crippen LogP contribution in [0.15, 0.2) is 30.6 Å². The Morgan fingerprint density at radius 1 is 1.50 bits per heavy atom. The zero-order valence-corrected chi connectivity index (χ0v) is 8.94. The number of H-pyrrole nitrogens is 1. The van der Waals surface area contributed by atoms with E-state index in [1.807, 2.05) is 13.0 Å². The Bertz CT molecular complexity index is 441. The Labute approximate surface area is 92.9 Å². The van der Waals surface area contributed by atoms with Gasteiger partial charge in [-0.3, -0.25) is 5.10 Å². The van der Waals surface area contributed by atoms with E-state index in [9.17, 15) is 4.39 Å². The van der Waals surface area contributed by atoms with E-state index in [0.717, 1.165) is 11.4 Å². The van der Waals surface area contributed by atoms with E-state index >= 15 is 0 Å². The predicted octanol–water partition coefficient (Wildman–Crippen LogP) is 1.79. The maximum absolute atomic E-state index is 12.9. The summed E-state index contributed by atoms with van der Waals surface area (Å²) in [7, 11) is 0. The first-order valence-electron chi connectivity index (χ1n) is 5.09. The van der Waals surface area contributed by atoms with Crippen molar-refractivity contribution in [3.05, 3.63) is 47.8 Å². The van der Waals surface area contributed by atoms with Crippen LogP contribution in [-0.4, -0.2) is 15.2 Å². The lowest BCUT2D eigenvalue weighted by Gasteiger charge is -2.10. The van der Waals surface area contributed by atoms with Gasteiger partial charge in [0, 0.05) is 6.54 Å². The van der Waals surface area contributed by atoms with Crippen molar-refractivity contribution in [3.8, 4) is 0 Å². The van der Waals surface area contributed by atoms with Gasteiger partial charge in [-0.05, 0) is 24.6 Å². The lowest BCUT2D eigenvalue weighted by atomic mass is 10.2. The molecule has 1 atom stereocenters. The molecule has 0 bridgehead atoms. The molecule has 2 rings (SSSR count). The third-order valence-electron chi connectivity index (χ3n) is 2.35. The molecule has 84 valence electrons. The normalized spacial score (nSPS) is 12.6. The van der Waals surface area contributed by atoms with Crippen molar-refractivity contribution in [1.82, 2.24) is 20.5 Å². The van der Waals surface area contributed by atoms with Crippen molar-refractivity contribution in [2.24, 2.45) is 0 Å². The molecule has 4 nitrogen and oxygen atoms in total. The van der Waals surface area contributed by atoms with E-state index in [4.69, 9.17) is 0 Å². The number of rotatable bonds is 4. The van der Waals surface area contributed by atoms with E-state index in [0.29, 0.717) is 6.54 Å².